The van der Waals surface area contributed by atoms with Crippen molar-refractivity contribution in [2.24, 2.45) is 4.99 Å². The second-order valence-corrected chi connectivity index (χ2v) is 3.01. The van der Waals surface area contributed by atoms with Crippen LogP contribution in [0.4, 0.5) is 0 Å². The van der Waals surface area contributed by atoms with Gasteiger partial charge in [-0.1, -0.05) is 12.1 Å². The highest BCUT2D eigenvalue weighted by Crippen LogP contribution is 2.21. The van der Waals surface area contributed by atoms with Gasteiger partial charge in [0.2, 0.25) is 0 Å². The van der Waals surface area contributed by atoms with Gasteiger partial charge >= 0.3 is 5.97 Å². The quantitative estimate of drug-likeness (QED) is 0.764. The lowest BCUT2D eigenvalue weighted by Crippen LogP contribution is -2.15. The Kier molecular flexibility index (Phi) is 3.44. The number of aliphatic carboxylic acids is 1. The Hall–Kier alpha value is -1.84. The van der Waals surface area contributed by atoms with Gasteiger partial charge < -0.3 is 9.84 Å². The summed E-state index contributed by atoms with van der Waals surface area (Å²) in [5.41, 5.74) is 1.42. The minimum absolute atomic E-state index is 0.0476. The van der Waals surface area contributed by atoms with E-state index in [9.17, 15) is 4.79 Å². The molecule has 0 atom stereocenters. The molecule has 0 unspecified atom stereocenters. The normalized spacial score (nSPS) is 11.3. The molecule has 1 aromatic rings. The molecule has 0 radical (unpaired) electrons. The molecule has 0 heterocycles. The van der Waals surface area contributed by atoms with Gasteiger partial charge in [-0.3, -0.25) is 4.99 Å². The first-order valence-electron chi connectivity index (χ1n) is 4.45. The first-order valence-corrected chi connectivity index (χ1v) is 4.45. The lowest BCUT2D eigenvalue weighted by atomic mass is 10.0. The third-order valence-corrected chi connectivity index (χ3v) is 2.19. The number of benzene rings is 1. The van der Waals surface area contributed by atoms with Crippen LogP contribution >= 0.6 is 0 Å². The average molecular weight is 207 g/mol. The standard InChI is InChI=1S/C11H13NO3/c1-7-8(10(12-2)11(13)14)5-4-6-9(7)15-3/h4-6H,1-3H3,(H,13,14). The minimum Gasteiger partial charge on any atom is -0.496 e. The molecule has 15 heavy (non-hydrogen) atoms. The highest BCUT2D eigenvalue weighted by atomic mass is 16.5. The molecular weight excluding hydrogens is 194 g/mol. The zero-order valence-corrected chi connectivity index (χ0v) is 8.94. The van der Waals surface area contributed by atoms with Crippen molar-refractivity contribution in [2.75, 3.05) is 14.2 Å². The number of carboxylic acids is 1. The second-order valence-electron chi connectivity index (χ2n) is 3.01. The van der Waals surface area contributed by atoms with E-state index in [0.29, 0.717) is 11.3 Å². The van der Waals surface area contributed by atoms with E-state index in [1.807, 2.05) is 6.92 Å². The van der Waals surface area contributed by atoms with E-state index < -0.39 is 5.97 Å². The van der Waals surface area contributed by atoms with Gasteiger partial charge in [-0.05, 0) is 13.0 Å². The molecule has 0 saturated carbocycles. The molecule has 0 aliphatic heterocycles. The molecule has 80 valence electrons. The second kappa shape index (κ2) is 4.59. The van der Waals surface area contributed by atoms with E-state index >= 15 is 0 Å². The Balaban J connectivity index is 3.31. The lowest BCUT2D eigenvalue weighted by molar-refractivity contribution is -0.129. The fourth-order valence-electron chi connectivity index (χ4n) is 1.42. The van der Waals surface area contributed by atoms with Crippen LogP contribution < -0.4 is 4.74 Å². The largest absolute Gasteiger partial charge is 0.496 e. The van der Waals surface area contributed by atoms with E-state index in [4.69, 9.17) is 9.84 Å². The van der Waals surface area contributed by atoms with Gasteiger partial charge in [0, 0.05) is 18.2 Å². The van der Waals surface area contributed by atoms with Crippen LogP contribution in [0.2, 0.25) is 0 Å². The van der Waals surface area contributed by atoms with E-state index in [0.717, 1.165) is 5.56 Å². The summed E-state index contributed by atoms with van der Waals surface area (Å²) < 4.78 is 5.11. The predicted octanol–water partition coefficient (Wildman–Crippen LogP) is 1.51. The fourth-order valence-corrected chi connectivity index (χ4v) is 1.42. The van der Waals surface area contributed by atoms with E-state index in [1.54, 1.807) is 25.3 Å². The summed E-state index contributed by atoms with van der Waals surface area (Å²) >= 11 is 0. The van der Waals surface area contributed by atoms with Crippen molar-refractivity contribution < 1.29 is 14.6 Å². The summed E-state index contributed by atoms with van der Waals surface area (Å²) in [6.07, 6.45) is 0. The number of carboxylic acid groups (broad SMARTS) is 1. The van der Waals surface area contributed by atoms with E-state index in [1.165, 1.54) is 7.05 Å². The number of ether oxygens (including phenoxy) is 1. The van der Waals surface area contributed by atoms with Gasteiger partial charge in [0.25, 0.3) is 0 Å². The molecule has 0 saturated heterocycles. The molecular formula is C11H13NO3. The lowest BCUT2D eigenvalue weighted by Gasteiger charge is -2.09. The summed E-state index contributed by atoms with van der Waals surface area (Å²) in [6.45, 7) is 1.81. The number of hydrogen-bond donors (Lipinski definition) is 1. The highest BCUT2D eigenvalue weighted by Gasteiger charge is 2.15. The maximum atomic E-state index is 10.9. The number of carbonyl (C=O) groups is 1. The van der Waals surface area contributed by atoms with Crippen LogP contribution in [0.1, 0.15) is 11.1 Å². The molecule has 1 rings (SSSR count). The van der Waals surface area contributed by atoms with Gasteiger partial charge in [0.1, 0.15) is 11.5 Å². The molecule has 4 nitrogen and oxygen atoms in total. The van der Waals surface area contributed by atoms with Gasteiger partial charge in [0.05, 0.1) is 7.11 Å². The van der Waals surface area contributed by atoms with Crippen molar-refractivity contribution in [3.05, 3.63) is 29.3 Å². The Morgan fingerprint density at radius 1 is 1.47 bits per heavy atom. The van der Waals surface area contributed by atoms with Gasteiger partial charge in [-0.2, -0.15) is 0 Å². The summed E-state index contributed by atoms with van der Waals surface area (Å²) in [6, 6.07) is 5.25. The van der Waals surface area contributed by atoms with Crippen LogP contribution in [0.15, 0.2) is 23.2 Å². The van der Waals surface area contributed by atoms with Crippen molar-refractivity contribution in [3.63, 3.8) is 0 Å². The maximum absolute atomic E-state index is 10.9. The third-order valence-electron chi connectivity index (χ3n) is 2.19. The molecule has 0 bridgehead atoms. The maximum Gasteiger partial charge on any atom is 0.354 e. The van der Waals surface area contributed by atoms with Crippen LogP contribution in [-0.4, -0.2) is 30.9 Å². The molecule has 0 amide bonds. The Bertz CT molecular complexity index is 410. The smallest absolute Gasteiger partial charge is 0.354 e. The van der Waals surface area contributed by atoms with Crippen LogP contribution in [0.5, 0.6) is 5.75 Å². The van der Waals surface area contributed by atoms with Crippen LogP contribution in [0, 0.1) is 6.92 Å². The predicted molar refractivity (Wildman–Crippen MR) is 57.8 cm³/mol. The number of hydrogen-bond acceptors (Lipinski definition) is 3. The number of nitrogens with zero attached hydrogens (tertiary/aromatic N) is 1. The molecule has 1 aromatic carbocycles. The van der Waals surface area contributed by atoms with Crippen molar-refractivity contribution in [1.82, 2.24) is 0 Å². The van der Waals surface area contributed by atoms with Crippen LogP contribution in [0.3, 0.4) is 0 Å². The Morgan fingerprint density at radius 3 is 2.60 bits per heavy atom. The Morgan fingerprint density at radius 2 is 2.13 bits per heavy atom. The molecule has 4 heteroatoms. The molecule has 1 N–H and O–H groups in total. The van der Waals surface area contributed by atoms with E-state index in [2.05, 4.69) is 4.99 Å². The summed E-state index contributed by atoms with van der Waals surface area (Å²) in [7, 11) is 3.01. The van der Waals surface area contributed by atoms with Gasteiger partial charge in [0.15, 0.2) is 0 Å². The average Bonchev–Trinajstić information content (AvgIpc) is 2.21. The third kappa shape index (κ3) is 2.15. The van der Waals surface area contributed by atoms with Crippen molar-refractivity contribution >= 4 is 11.7 Å². The molecule has 0 aliphatic rings. The summed E-state index contributed by atoms with van der Waals surface area (Å²) in [5, 5.41) is 8.94. The molecule has 0 fully saturated rings. The molecule has 0 aliphatic carbocycles. The van der Waals surface area contributed by atoms with Gasteiger partial charge in [-0.15, -0.1) is 0 Å². The van der Waals surface area contributed by atoms with Crippen LogP contribution in [0.25, 0.3) is 0 Å². The van der Waals surface area contributed by atoms with Crippen molar-refractivity contribution in [1.29, 1.82) is 0 Å². The van der Waals surface area contributed by atoms with E-state index in [-0.39, 0.29) is 5.71 Å². The minimum atomic E-state index is -1.03. The number of aliphatic imine (C=N–C) groups is 1. The highest BCUT2D eigenvalue weighted by molar-refractivity contribution is 6.42. The first-order chi connectivity index (χ1) is 7.11. The molecule has 0 spiro atoms. The fraction of sp³-hybridized carbons (Fsp3) is 0.273. The monoisotopic (exact) mass is 207 g/mol. The number of methoxy groups -OCH3 is 1. The van der Waals surface area contributed by atoms with Crippen molar-refractivity contribution in [2.45, 2.75) is 6.92 Å². The zero-order valence-electron chi connectivity index (χ0n) is 8.94. The zero-order chi connectivity index (χ0) is 11.4. The van der Waals surface area contributed by atoms with Crippen LogP contribution in [-0.2, 0) is 4.79 Å². The van der Waals surface area contributed by atoms with Crippen molar-refractivity contribution in [3.8, 4) is 5.75 Å². The summed E-state index contributed by atoms with van der Waals surface area (Å²) in [5.74, 6) is -0.372. The summed E-state index contributed by atoms with van der Waals surface area (Å²) in [4.78, 5) is 14.7. The SMILES string of the molecule is CN=C(C(=O)O)c1cccc(OC)c1C. The topological polar surface area (TPSA) is 58.9 Å². The number of rotatable bonds is 3. The van der Waals surface area contributed by atoms with Gasteiger partial charge in [-0.25, -0.2) is 4.79 Å². The molecule has 0 aromatic heterocycles. The first kappa shape index (κ1) is 11.2. The Labute approximate surface area is 88.2 Å².